The third-order valence-corrected chi connectivity index (χ3v) is 8.06. The van der Waals surface area contributed by atoms with Crippen molar-refractivity contribution in [2.24, 2.45) is 10.9 Å². The summed E-state index contributed by atoms with van der Waals surface area (Å²) >= 11 is 8.35. The van der Waals surface area contributed by atoms with Gasteiger partial charge >= 0.3 is 0 Å². The highest BCUT2D eigenvalue weighted by Gasteiger charge is 2.38. The van der Waals surface area contributed by atoms with E-state index in [4.69, 9.17) is 21.3 Å². The fraction of sp³-hybridized carbons (Fsp3) is 0.391. The van der Waals surface area contributed by atoms with E-state index in [9.17, 15) is 4.79 Å². The first-order valence-electron chi connectivity index (χ1n) is 10.9. The quantitative estimate of drug-likeness (QED) is 0.578. The molecule has 2 unspecified atom stereocenters. The third-order valence-electron chi connectivity index (χ3n) is 6.48. The monoisotopic (exact) mass is 467 g/mol. The molecule has 1 aromatic carbocycles. The van der Waals surface area contributed by atoms with E-state index in [0.717, 1.165) is 34.1 Å². The molecule has 0 bridgehead atoms. The zero-order valence-electron chi connectivity index (χ0n) is 17.6. The Hall–Kier alpha value is -2.55. The van der Waals surface area contributed by atoms with Gasteiger partial charge in [0, 0.05) is 40.0 Å². The highest BCUT2D eigenvalue weighted by Crippen LogP contribution is 2.44. The van der Waals surface area contributed by atoms with Gasteiger partial charge in [0.15, 0.2) is 5.82 Å². The zero-order valence-corrected chi connectivity index (χ0v) is 19.2. The van der Waals surface area contributed by atoms with Crippen LogP contribution in [0.25, 0.3) is 5.00 Å². The molecular formula is C23H22ClN5O2S. The Kier molecular flexibility index (Phi) is 4.89. The molecule has 32 heavy (non-hydrogen) atoms. The van der Waals surface area contributed by atoms with E-state index < -0.39 is 0 Å². The molecule has 2 aliphatic heterocycles. The first-order valence-corrected chi connectivity index (χ1v) is 12.1. The number of rotatable bonds is 2. The number of benzene rings is 1. The van der Waals surface area contributed by atoms with Crippen molar-refractivity contribution in [2.75, 3.05) is 26.3 Å². The number of aliphatic imine (C=N–C) groups is 1. The molecule has 1 aliphatic carbocycles. The average Bonchev–Trinajstić information content (AvgIpc) is 3.51. The highest BCUT2D eigenvalue weighted by molar-refractivity contribution is 7.15. The Bertz CT molecular complexity index is 1240. The first-order chi connectivity index (χ1) is 15.6. The standard InChI is InChI=1S/C23H22ClN5O2S/c1-13-21-27-25-12-29(21)23-19(20(26-13)15-4-2-3-5-17(15)24)16-10-14(11-18(16)32-23)22(30)28-6-8-31-9-7-28/h2-5,12-14H,6-11H2,1H3. The van der Waals surface area contributed by atoms with Crippen molar-refractivity contribution >= 4 is 34.6 Å². The Morgan fingerprint density at radius 3 is 2.84 bits per heavy atom. The Balaban J connectivity index is 1.46. The van der Waals surface area contributed by atoms with Crippen LogP contribution in [0.5, 0.6) is 0 Å². The number of ether oxygens (including phenoxy) is 1. The minimum absolute atomic E-state index is 0.0341. The minimum Gasteiger partial charge on any atom is -0.378 e. The van der Waals surface area contributed by atoms with Gasteiger partial charge < -0.3 is 9.64 Å². The molecule has 6 rings (SSSR count). The number of thiophene rings is 1. The first kappa shape index (κ1) is 20.1. The van der Waals surface area contributed by atoms with Crippen LogP contribution in [0.15, 0.2) is 35.6 Å². The Morgan fingerprint density at radius 2 is 2.03 bits per heavy atom. The summed E-state index contributed by atoms with van der Waals surface area (Å²) in [5.41, 5.74) is 4.06. The molecule has 1 amide bonds. The summed E-state index contributed by atoms with van der Waals surface area (Å²) in [4.78, 5) is 21.5. The Morgan fingerprint density at radius 1 is 1.22 bits per heavy atom. The van der Waals surface area contributed by atoms with Crippen LogP contribution in [0.4, 0.5) is 0 Å². The molecule has 3 aromatic rings. The van der Waals surface area contributed by atoms with E-state index in [0.29, 0.717) is 37.7 Å². The van der Waals surface area contributed by atoms with E-state index in [1.807, 2.05) is 36.1 Å². The van der Waals surface area contributed by atoms with Crippen molar-refractivity contribution < 1.29 is 9.53 Å². The van der Waals surface area contributed by atoms with Gasteiger partial charge in [-0.25, -0.2) is 0 Å². The fourth-order valence-electron chi connectivity index (χ4n) is 4.91. The molecule has 164 valence electrons. The van der Waals surface area contributed by atoms with Gasteiger partial charge in [0.1, 0.15) is 17.4 Å². The van der Waals surface area contributed by atoms with Gasteiger partial charge in [-0.2, -0.15) is 0 Å². The summed E-state index contributed by atoms with van der Waals surface area (Å²) in [6.45, 7) is 4.61. The maximum atomic E-state index is 13.2. The van der Waals surface area contributed by atoms with Gasteiger partial charge in [0.05, 0.1) is 18.9 Å². The van der Waals surface area contributed by atoms with Gasteiger partial charge in [-0.05, 0) is 31.4 Å². The van der Waals surface area contributed by atoms with E-state index in [-0.39, 0.29) is 17.9 Å². The summed E-state index contributed by atoms with van der Waals surface area (Å²) in [6, 6.07) is 7.66. The molecule has 4 heterocycles. The summed E-state index contributed by atoms with van der Waals surface area (Å²) in [5.74, 6) is 1.01. The second-order valence-corrected chi connectivity index (χ2v) is 9.91. The second-order valence-electron chi connectivity index (χ2n) is 8.42. The second kappa shape index (κ2) is 7.79. The van der Waals surface area contributed by atoms with Crippen LogP contribution < -0.4 is 0 Å². The number of halogens is 1. The normalized spacial score (nSPS) is 22.1. The predicted octanol–water partition coefficient (Wildman–Crippen LogP) is 3.47. The topological polar surface area (TPSA) is 72.6 Å². The minimum atomic E-state index is -0.161. The van der Waals surface area contributed by atoms with E-state index in [1.54, 1.807) is 17.7 Å². The van der Waals surface area contributed by atoms with Gasteiger partial charge in [0.2, 0.25) is 5.91 Å². The van der Waals surface area contributed by atoms with Gasteiger partial charge in [-0.1, -0.05) is 29.8 Å². The molecule has 2 aromatic heterocycles. The summed E-state index contributed by atoms with van der Waals surface area (Å²) in [6.07, 6.45) is 3.23. The predicted molar refractivity (Wildman–Crippen MR) is 123 cm³/mol. The summed E-state index contributed by atoms with van der Waals surface area (Å²) in [5, 5.41) is 10.2. The molecule has 9 heteroatoms. The molecule has 2 atom stereocenters. The lowest BCUT2D eigenvalue weighted by Gasteiger charge is -2.29. The van der Waals surface area contributed by atoms with Crippen molar-refractivity contribution in [3.63, 3.8) is 0 Å². The molecular weight excluding hydrogens is 446 g/mol. The number of aromatic nitrogens is 3. The van der Waals surface area contributed by atoms with Gasteiger partial charge in [-0.15, -0.1) is 21.5 Å². The number of amides is 1. The number of morpholine rings is 1. The Labute approximate surface area is 194 Å². The number of nitrogens with zero attached hydrogens (tertiary/aromatic N) is 5. The summed E-state index contributed by atoms with van der Waals surface area (Å²) in [7, 11) is 0. The number of hydrogen-bond acceptors (Lipinski definition) is 6. The van der Waals surface area contributed by atoms with Crippen molar-refractivity contribution in [1.82, 2.24) is 19.7 Å². The molecule has 0 radical (unpaired) electrons. The number of hydrogen-bond donors (Lipinski definition) is 0. The van der Waals surface area contributed by atoms with E-state index in [2.05, 4.69) is 14.8 Å². The van der Waals surface area contributed by atoms with Crippen LogP contribution in [-0.2, 0) is 22.4 Å². The average molecular weight is 468 g/mol. The molecule has 7 nitrogen and oxygen atoms in total. The van der Waals surface area contributed by atoms with Crippen LogP contribution in [-0.4, -0.2) is 57.6 Å². The van der Waals surface area contributed by atoms with Crippen LogP contribution in [0.2, 0.25) is 5.02 Å². The summed E-state index contributed by atoms with van der Waals surface area (Å²) < 4.78 is 7.47. The van der Waals surface area contributed by atoms with Crippen LogP contribution >= 0.6 is 22.9 Å². The van der Waals surface area contributed by atoms with Crippen LogP contribution in [0.1, 0.15) is 40.4 Å². The molecule has 0 N–H and O–H groups in total. The molecule has 1 fully saturated rings. The number of carbonyl (C=O) groups excluding carboxylic acids is 1. The van der Waals surface area contributed by atoms with Crippen LogP contribution in [0.3, 0.4) is 0 Å². The van der Waals surface area contributed by atoms with Crippen molar-refractivity contribution in [1.29, 1.82) is 0 Å². The highest BCUT2D eigenvalue weighted by atomic mass is 35.5. The lowest BCUT2D eigenvalue weighted by Crippen LogP contribution is -2.44. The number of fused-ring (bicyclic) bond motifs is 5. The third kappa shape index (κ3) is 3.12. The van der Waals surface area contributed by atoms with Crippen molar-refractivity contribution in [2.45, 2.75) is 25.8 Å². The molecule has 0 saturated carbocycles. The van der Waals surface area contributed by atoms with Crippen molar-refractivity contribution in [3.05, 3.63) is 63.0 Å². The van der Waals surface area contributed by atoms with Crippen LogP contribution in [0, 0.1) is 5.92 Å². The smallest absolute Gasteiger partial charge is 0.226 e. The maximum Gasteiger partial charge on any atom is 0.226 e. The van der Waals surface area contributed by atoms with Gasteiger partial charge in [-0.3, -0.25) is 14.4 Å². The lowest BCUT2D eigenvalue weighted by atomic mass is 9.97. The van der Waals surface area contributed by atoms with E-state index >= 15 is 0 Å². The van der Waals surface area contributed by atoms with Crippen molar-refractivity contribution in [3.8, 4) is 5.00 Å². The fourth-order valence-corrected chi connectivity index (χ4v) is 6.52. The molecule has 0 spiro atoms. The zero-order chi connectivity index (χ0) is 21.8. The molecule has 1 saturated heterocycles. The maximum absolute atomic E-state index is 13.2. The SMILES string of the molecule is CC1N=C(c2ccccc2Cl)c2c(sc3c2CC(C(=O)N2CCOCC2)C3)-n2cnnc21. The lowest BCUT2D eigenvalue weighted by molar-refractivity contribution is -0.139. The largest absolute Gasteiger partial charge is 0.378 e. The number of carbonyl (C=O) groups is 1. The molecule has 3 aliphatic rings. The van der Waals surface area contributed by atoms with Gasteiger partial charge in [0.25, 0.3) is 0 Å². The van der Waals surface area contributed by atoms with E-state index in [1.165, 1.54) is 10.4 Å².